The fourth-order valence-corrected chi connectivity index (χ4v) is 2.93. The SMILES string of the molecule is CCOc1ccc(-c2cc(CCCC(=O)Nc3ccc(CC)cc3)no2)cc1. The Morgan fingerprint density at radius 2 is 1.82 bits per heavy atom. The van der Waals surface area contributed by atoms with Crippen LogP contribution in [0.1, 0.15) is 37.9 Å². The van der Waals surface area contributed by atoms with E-state index in [9.17, 15) is 4.79 Å². The summed E-state index contributed by atoms with van der Waals surface area (Å²) in [6, 6.07) is 17.6. The topological polar surface area (TPSA) is 64.4 Å². The number of amides is 1. The van der Waals surface area contributed by atoms with E-state index in [0.29, 0.717) is 25.9 Å². The lowest BCUT2D eigenvalue weighted by Crippen LogP contribution is -2.11. The largest absolute Gasteiger partial charge is 0.494 e. The van der Waals surface area contributed by atoms with Crippen molar-refractivity contribution < 1.29 is 14.1 Å². The maximum atomic E-state index is 12.1. The zero-order valence-corrected chi connectivity index (χ0v) is 16.4. The number of carbonyl (C=O) groups is 1. The van der Waals surface area contributed by atoms with Crippen LogP contribution in [0.5, 0.6) is 5.75 Å². The zero-order chi connectivity index (χ0) is 19.8. The lowest BCUT2D eigenvalue weighted by molar-refractivity contribution is -0.116. The average molecular weight is 378 g/mol. The van der Waals surface area contributed by atoms with Gasteiger partial charge in [0.15, 0.2) is 5.76 Å². The van der Waals surface area contributed by atoms with Crippen LogP contribution in [0.3, 0.4) is 0 Å². The molecule has 0 aliphatic carbocycles. The second kappa shape index (κ2) is 9.74. The van der Waals surface area contributed by atoms with E-state index in [1.165, 1.54) is 5.56 Å². The van der Waals surface area contributed by atoms with Gasteiger partial charge in [-0.3, -0.25) is 4.79 Å². The normalized spacial score (nSPS) is 10.6. The van der Waals surface area contributed by atoms with Crippen molar-refractivity contribution in [3.8, 4) is 17.1 Å². The maximum absolute atomic E-state index is 12.1. The van der Waals surface area contributed by atoms with Crippen LogP contribution in [-0.2, 0) is 17.6 Å². The molecule has 0 unspecified atom stereocenters. The molecule has 1 N–H and O–H groups in total. The van der Waals surface area contributed by atoms with Gasteiger partial charge in [0, 0.05) is 23.7 Å². The van der Waals surface area contributed by atoms with E-state index in [0.717, 1.165) is 34.9 Å². The number of aromatic nitrogens is 1. The quantitative estimate of drug-likeness (QED) is 0.551. The van der Waals surface area contributed by atoms with Crippen LogP contribution in [0.25, 0.3) is 11.3 Å². The van der Waals surface area contributed by atoms with E-state index < -0.39 is 0 Å². The Hall–Kier alpha value is -3.08. The third-order valence-corrected chi connectivity index (χ3v) is 4.49. The van der Waals surface area contributed by atoms with Crippen molar-refractivity contribution in [1.29, 1.82) is 0 Å². The predicted molar refractivity (Wildman–Crippen MR) is 110 cm³/mol. The molecule has 146 valence electrons. The summed E-state index contributed by atoms with van der Waals surface area (Å²) in [7, 11) is 0. The molecular formula is C23H26N2O3. The van der Waals surface area contributed by atoms with Gasteiger partial charge >= 0.3 is 0 Å². The first-order valence-corrected chi connectivity index (χ1v) is 9.75. The molecule has 0 aliphatic rings. The zero-order valence-electron chi connectivity index (χ0n) is 16.4. The summed E-state index contributed by atoms with van der Waals surface area (Å²) in [5, 5.41) is 7.04. The molecule has 28 heavy (non-hydrogen) atoms. The highest BCUT2D eigenvalue weighted by atomic mass is 16.5. The number of hydrogen-bond donors (Lipinski definition) is 1. The summed E-state index contributed by atoms with van der Waals surface area (Å²) >= 11 is 0. The summed E-state index contributed by atoms with van der Waals surface area (Å²) in [6.45, 7) is 4.71. The van der Waals surface area contributed by atoms with E-state index >= 15 is 0 Å². The Morgan fingerprint density at radius 1 is 1.07 bits per heavy atom. The van der Waals surface area contributed by atoms with E-state index in [2.05, 4.69) is 17.4 Å². The lowest BCUT2D eigenvalue weighted by atomic mass is 10.1. The van der Waals surface area contributed by atoms with Crippen molar-refractivity contribution in [2.75, 3.05) is 11.9 Å². The van der Waals surface area contributed by atoms with Crippen LogP contribution in [0.4, 0.5) is 5.69 Å². The Labute approximate surface area is 165 Å². The molecule has 0 aliphatic heterocycles. The van der Waals surface area contributed by atoms with E-state index in [-0.39, 0.29) is 5.91 Å². The van der Waals surface area contributed by atoms with Crippen molar-refractivity contribution in [1.82, 2.24) is 5.16 Å². The molecule has 0 spiro atoms. The van der Waals surface area contributed by atoms with Crippen LogP contribution in [0.15, 0.2) is 59.1 Å². The van der Waals surface area contributed by atoms with Crippen LogP contribution in [0, 0.1) is 0 Å². The molecule has 2 aromatic carbocycles. The molecule has 1 aromatic heterocycles. The number of hydrogen-bond acceptors (Lipinski definition) is 4. The van der Waals surface area contributed by atoms with Crippen LogP contribution >= 0.6 is 0 Å². The van der Waals surface area contributed by atoms with Gasteiger partial charge in [0.25, 0.3) is 0 Å². The second-order valence-corrected chi connectivity index (χ2v) is 6.59. The fourth-order valence-electron chi connectivity index (χ4n) is 2.93. The van der Waals surface area contributed by atoms with Gasteiger partial charge in [-0.15, -0.1) is 0 Å². The molecule has 5 heteroatoms. The number of benzene rings is 2. The standard InChI is InChI=1S/C23H26N2O3/c1-3-17-8-12-19(13-9-17)24-23(26)7-5-6-20-16-22(28-25-20)18-10-14-21(15-11-18)27-4-2/h8-16H,3-7H2,1-2H3,(H,24,26). The van der Waals surface area contributed by atoms with Gasteiger partial charge in [0.1, 0.15) is 5.75 Å². The average Bonchev–Trinajstić information content (AvgIpc) is 3.18. The molecule has 0 saturated heterocycles. The van der Waals surface area contributed by atoms with Crippen molar-refractivity contribution in [3.05, 3.63) is 65.9 Å². The minimum Gasteiger partial charge on any atom is -0.494 e. The number of nitrogens with one attached hydrogen (secondary N) is 1. The molecule has 0 bridgehead atoms. The van der Waals surface area contributed by atoms with Gasteiger partial charge in [0.2, 0.25) is 5.91 Å². The van der Waals surface area contributed by atoms with Gasteiger partial charge in [-0.2, -0.15) is 0 Å². The van der Waals surface area contributed by atoms with Crippen LogP contribution < -0.4 is 10.1 Å². The molecule has 0 fully saturated rings. The Kier molecular flexibility index (Phi) is 6.84. The number of ether oxygens (including phenoxy) is 1. The highest BCUT2D eigenvalue weighted by molar-refractivity contribution is 5.90. The summed E-state index contributed by atoms with van der Waals surface area (Å²) in [4.78, 5) is 12.1. The minimum absolute atomic E-state index is 0.0134. The van der Waals surface area contributed by atoms with Gasteiger partial charge in [-0.05, 0) is 68.1 Å². The van der Waals surface area contributed by atoms with E-state index in [1.807, 2.05) is 61.5 Å². The first-order valence-electron chi connectivity index (χ1n) is 9.75. The number of nitrogens with zero attached hydrogens (tertiary/aromatic N) is 1. The smallest absolute Gasteiger partial charge is 0.224 e. The molecule has 0 radical (unpaired) electrons. The molecule has 5 nitrogen and oxygen atoms in total. The number of aryl methyl sites for hydroxylation is 2. The van der Waals surface area contributed by atoms with Crippen molar-refractivity contribution in [2.45, 2.75) is 39.5 Å². The Bertz CT molecular complexity index is 883. The molecule has 0 saturated carbocycles. The first-order chi connectivity index (χ1) is 13.7. The third kappa shape index (κ3) is 5.46. The number of anilines is 1. The van der Waals surface area contributed by atoms with Crippen LogP contribution in [0.2, 0.25) is 0 Å². The van der Waals surface area contributed by atoms with E-state index in [4.69, 9.17) is 9.26 Å². The van der Waals surface area contributed by atoms with Crippen LogP contribution in [-0.4, -0.2) is 17.7 Å². The molecule has 3 rings (SSSR count). The minimum atomic E-state index is 0.0134. The monoisotopic (exact) mass is 378 g/mol. The second-order valence-electron chi connectivity index (χ2n) is 6.59. The molecule has 0 atom stereocenters. The van der Waals surface area contributed by atoms with Gasteiger partial charge in [0.05, 0.1) is 12.3 Å². The predicted octanol–water partition coefficient (Wildman–Crippen LogP) is 5.26. The summed E-state index contributed by atoms with van der Waals surface area (Å²) in [6.07, 6.45) is 2.85. The van der Waals surface area contributed by atoms with Crippen molar-refractivity contribution in [3.63, 3.8) is 0 Å². The summed E-state index contributed by atoms with van der Waals surface area (Å²) < 4.78 is 10.9. The lowest BCUT2D eigenvalue weighted by Gasteiger charge is -2.05. The summed E-state index contributed by atoms with van der Waals surface area (Å²) in [5.41, 5.74) is 3.90. The van der Waals surface area contributed by atoms with E-state index in [1.54, 1.807) is 0 Å². The van der Waals surface area contributed by atoms with Crippen molar-refractivity contribution in [2.24, 2.45) is 0 Å². The number of rotatable bonds is 9. The van der Waals surface area contributed by atoms with Gasteiger partial charge in [-0.1, -0.05) is 24.2 Å². The fraction of sp³-hybridized carbons (Fsp3) is 0.304. The highest BCUT2D eigenvalue weighted by Crippen LogP contribution is 2.23. The summed E-state index contributed by atoms with van der Waals surface area (Å²) in [5.74, 6) is 1.57. The molecular weight excluding hydrogens is 352 g/mol. The van der Waals surface area contributed by atoms with Gasteiger partial charge < -0.3 is 14.6 Å². The van der Waals surface area contributed by atoms with Gasteiger partial charge in [-0.25, -0.2) is 0 Å². The molecule has 1 amide bonds. The molecule has 3 aromatic rings. The third-order valence-electron chi connectivity index (χ3n) is 4.49. The molecule has 1 heterocycles. The first kappa shape index (κ1) is 19.7. The highest BCUT2D eigenvalue weighted by Gasteiger charge is 2.09. The Balaban J connectivity index is 1.46. The number of carbonyl (C=O) groups excluding carboxylic acids is 1. The maximum Gasteiger partial charge on any atom is 0.224 e. The Morgan fingerprint density at radius 3 is 2.50 bits per heavy atom. The van der Waals surface area contributed by atoms with Crippen molar-refractivity contribution >= 4 is 11.6 Å².